The van der Waals surface area contributed by atoms with Crippen molar-refractivity contribution in [3.63, 3.8) is 0 Å². The SMILES string of the molecule is CC[C@@H](C)N1CCN(S(=O)(=O)c2cnn(C)n2)C[C@H]1c1cc(C=N)c(Nc2ccc(F)cc2)cc1C. The van der Waals surface area contributed by atoms with Crippen LogP contribution in [0.3, 0.4) is 0 Å². The van der Waals surface area contributed by atoms with E-state index in [4.69, 9.17) is 5.41 Å². The number of hydrogen-bond donors (Lipinski definition) is 2. The van der Waals surface area contributed by atoms with Crippen LogP contribution in [0.15, 0.2) is 47.6 Å². The lowest BCUT2D eigenvalue weighted by molar-refractivity contribution is 0.0778. The van der Waals surface area contributed by atoms with E-state index in [1.807, 2.05) is 19.1 Å². The highest BCUT2D eigenvalue weighted by molar-refractivity contribution is 7.89. The van der Waals surface area contributed by atoms with Crippen LogP contribution in [0, 0.1) is 18.2 Å². The van der Waals surface area contributed by atoms with E-state index in [9.17, 15) is 12.8 Å². The highest BCUT2D eigenvalue weighted by atomic mass is 32.2. The van der Waals surface area contributed by atoms with Gasteiger partial charge in [-0.3, -0.25) is 4.90 Å². The minimum atomic E-state index is -3.79. The van der Waals surface area contributed by atoms with Gasteiger partial charge in [0.1, 0.15) is 5.82 Å². The quantitative estimate of drug-likeness (QED) is 0.443. The van der Waals surface area contributed by atoms with E-state index in [1.165, 1.54) is 33.6 Å². The van der Waals surface area contributed by atoms with Gasteiger partial charge in [-0.15, -0.1) is 5.10 Å². The van der Waals surface area contributed by atoms with Gasteiger partial charge in [-0.1, -0.05) is 6.92 Å². The summed E-state index contributed by atoms with van der Waals surface area (Å²) >= 11 is 0. The fourth-order valence-electron chi connectivity index (χ4n) is 4.62. The van der Waals surface area contributed by atoms with Crippen molar-refractivity contribution in [2.75, 3.05) is 25.0 Å². The minimum Gasteiger partial charge on any atom is -0.355 e. The summed E-state index contributed by atoms with van der Waals surface area (Å²) in [7, 11) is -2.20. The van der Waals surface area contributed by atoms with Crippen LogP contribution in [0.4, 0.5) is 15.8 Å². The molecule has 2 atom stereocenters. The van der Waals surface area contributed by atoms with Crippen molar-refractivity contribution in [2.45, 2.75) is 44.3 Å². The maximum absolute atomic E-state index is 13.3. The first kappa shape index (κ1) is 25.9. The van der Waals surface area contributed by atoms with Gasteiger partial charge in [0.05, 0.1) is 6.20 Å². The molecule has 0 radical (unpaired) electrons. The van der Waals surface area contributed by atoms with E-state index < -0.39 is 10.0 Å². The van der Waals surface area contributed by atoms with Gasteiger partial charge in [-0.25, -0.2) is 12.8 Å². The van der Waals surface area contributed by atoms with Gasteiger partial charge in [0.25, 0.3) is 10.0 Å². The number of sulfonamides is 1. The number of nitrogens with one attached hydrogen (secondary N) is 2. The molecule has 4 rings (SSSR count). The molecule has 1 aliphatic rings. The van der Waals surface area contributed by atoms with Crippen molar-refractivity contribution in [3.8, 4) is 0 Å². The van der Waals surface area contributed by atoms with Gasteiger partial charge >= 0.3 is 0 Å². The molecule has 2 heterocycles. The standard InChI is InChI=1S/C25H32FN7O2S/c1-5-18(3)33-11-10-32(36(34,35)25-15-28-31(4)30-25)16-24(33)22-13-19(14-27)23(12-17(22)2)29-21-8-6-20(26)7-9-21/h6-9,12-15,18,24,27,29H,5,10-11,16H2,1-4H3/t18-,24+/m1/s1. The summed E-state index contributed by atoms with van der Waals surface area (Å²) in [6.45, 7) is 7.47. The Hall–Kier alpha value is -3.15. The lowest BCUT2D eigenvalue weighted by Gasteiger charge is -2.44. The molecule has 1 saturated heterocycles. The Balaban J connectivity index is 1.70. The third-order valence-corrected chi connectivity index (χ3v) is 8.53. The average molecular weight is 514 g/mol. The fraction of sp³-hybridized carbons (Fsp3) is 0.400. The molecule has 2 aromatic carbocycles. The lowest BCUT2D eigenvalue weighted by Crippen LogP contribution is -2.53. The zero-order valence-corrected chi connectivity index (χ0v) is 21.8. The Bertz CT molecular complexity index is 1340. The molecule has 0 saturated carbocycles. The molecule has 0 amide bonds. The Morgan fingerprint density at radius 1 is 1.25 bits per heavy atom. The molecule has 0 spiro atoms. The number of aryl methyl sites for hydroxylation is 2. The van der Waals surface area contributed by atoms with Crippen molar-refractivity contribution >= 4 is 27.6 Å². The molecule has 3 aromatic rings. The molecule has 0 bridgehead atoms. The monoisotopic (exact) mass is 513 g/mol. The Kier molecular flexibility index (Phi) is 7.53. The molecular formula is C25H32FN7O2S. The zero-order valence-electron chi connectivity index (χ0n) is 20.9. The maximum atomic E-state index is 13.3. The van der Waals surface area contributed by atoms with Crippen molar-refractivity contribution in [1.82, 2.24) is 24.2 Å². The van der Waals surface area contributed by atoms with Gasteiger partial charge in [0.2, 0.25) is 5.03 Å². The second-order valence-electron chi connectivity index (χ2n) is 9.12. The van der Waals surface area contributed by atoms with Crippen LogP contribution in [-0.4, -0.2) is 64.5 Å². The maximum Gasteiger partial charge on any atom is 0.264 e. The largest absolute Gasteiger partial charge is 0.355 e. The number of aromatic nitrogens is 3. The Morgan fingerprint density at radius 3 is 2.58 bits per heavy atom. The van der Waals surface area contributed by atoms with Crippen LogP contribution in [-0.2, 0) is 17.1 Å². The molecule has 1 fully saturated rings. The first-order valence-corrected chi connectivity index (χ1v) is 13.4. The van der Waals surface area contributed by atoms with Crippen molar-refractivity contribution < 1.29 is 12.8 Å². The number of benzene rings is 2. The first-order valence-electron chi connectivity index (χ1n) is 11.9. The topological polar surface area (TPSA) is 107 Å². The predicted molar refractivity (Wildman–Crippen MR) is 138 cm³/mol. The summed E-state index contributed by atoms with van der Waals surface area (Å²) in [5.41, 5.74) is 4.05. The zero-order chi connectivity index (χ0) is 26.0. The molecule has 0 aliphatic carbocycles. The van der Waals surface area contributed by atoms with Gasteiger partial charge in [0.15, 0.2) is 0 Å². The van der Waals surface area contributed by atoms with Crippen LogP contribution in [0.1, 0.15) is 43.0 Å². The normalized spacial score (nSPS) is 18.2. The molecule has 11 heteroatoms. The number of piperazine rings is 1. The highest BCUT2D eigenvalue weighted by Gasteiger charge is 2.38. The third-order valence-electron chi connectivity index (χ3n) is 6.80. The van der Waals surface area contributed by atoms with E-state index in [0.717, 1.165) is 23.2 Å². The van der Waals surface area contributed by atoms with Crippen LogP contribution in [0.25, 0.3) is 0 Å². The molecule has 1 aliphatic heterocycles. The average Bonchev–Trinajstić information content (AvgIpc) is 3.32. The van der Waals surface area contributed by atoms with E-state index in [0.29, 0.717) is 24.3 Å². The molecule has 0 unspecified atom stereocenters. The third kappa shape index (κ3) is 5.18. The molecule has 2 N–H and O–H groups in total. The van der Waals surface area contributed by atoms with Crippen LogP contribution in [0.5, 0.6) is 0 Å². The number of rotatable bonds is 8. The van der Waals surface area contributed by atoms with Crippen molar-refractivity contribution in [3.05, 3.63) is 65.1 Å². The van der Waals surface area contributed by atoms with E-state index >= 15 is 0 Å². The summed E-state index contributed by atoms with van der Waals surface area (Å²) in [6, 6.07) is 10.0. The van der Waals surface area contributed by atoms with E-state index in [1.54, 1.807) is 19.2 Å². The fourth-order valence-corrected chi connectivity index (χ4v) is 5.95. The van der Waals surface area contributed by atoms with Gasteiger partial charge < -0.3 is 10.7 Å². The number of nitrogens with zero attached hydrogens (tertiary/aromatic N) is 5. The number of halogens is 1. The summed E-state index contributed by atoms with van der Waals surface area (Å²) in [6.07, 6.45) is 3.48. The summed E-state index contributed by atoms with van der Waals surface area (Å²) < 4.78 is 41.5. The highest BCUT2D eigenvalue weighted by Crippen LogP contribution is 2.35. The smallest absolute Gasteiger partial charge is 0.264 e. The number of anilines is 2. The summed E-state index contributed by atoms with van der Waals surface area (Å²) in [4.78, 5) is 3.58. The van der Waals surface area contributed by atoms with Crippen LogP contribution in [0.2, 0.25) is 0 Å². The summed E-state index contributed by atoms with van der Waals surface area (Å²) in [5, 5.41) is 19.2. The lowest BCUT2D eigenvalue weighted by atomic mass is 9.93. The molecule has 9 nitrogen and oxygen atoms in total. The Morgan fingerprint density at radius 2 is 1.97 bits per heavy atom. The molecule has 1 aromatic heterocycles. The molecular weight excluding hydrogens is 481 g/mol. The van der Waals surface area contributed by atoms with E-state index in [-0.39, 0.29) is 29.5 Å². The second kappa shape index (κ2) is 10.5. The minimum absolute atomic E-state index is 0.0588. The van der Waals surface area contributed by atoms with Crippen LogP contribution < -0.4 is 5.32 Å². The second-order valence-corrected chi connectivity index (χ2v) is 11.0. The predicted octanol–water partition coefficient (Wildman–Crippen LogP) is 3.85. The number of hydrogen-bond acceptors (Lipinski definition) is 7. The van der Waals surface area contributed by atoms with Gasteiger partial charge in [-0.05, 0) is 67.8 Å². The van der Waals surface area contributed by atoms with Gasteiger partial charge in [-0.2, -0.15) is 14.2 Å². The molecule has 192 valence electrons. The van der Waals surface area contributed by atoms with Crippen molar-refractivity contribution in [2.24, 2.45) is 7.05 Å². The Labute approximate surface area is 211 Å². The first-order chi connectivity index (χ1) is 17.1. The molecule has 36 heavy (non-hydrogen) atoms. The van der Waals surface area contributed by atoms with Crippen LogP contribution >= 0.6 is 0 Å². The van der Waals surface area contributed by atoms with E-state index in [2.05, 4.69) is 34.3 Å². The summed E-state index contributed by atoms with van der Waals surface area (Å²) in [5.74, 6) is -0.317. The van der Waals surface area contributed by atoms with Crippen molar-refractivity contribution in [1.29, 1.82) is 5.41 Å². The van der Waals surface area contributed by atoms with Gasteiger partial charge in [0, 0.05) is 61.9 Å².